The minimum Gasteiger partial charge on any atom is -0.458 e. The molecular formula is C29H42O8S. The van der Waals surface area contributed by atoms with Gasteiger partial charge >= 0.3 is 5.97 Å². The number of fused-ring (bicyclic) bond motifs is 5. The number of ether oxygens (including phenoxy) is 2. The summed E-state index contributed by atoms with van der Waals surface area (Å²) in [6.07, 6.45) is 6.97. The third kappa shape index (κ3) is 4.23. The Morgan fingerprint density at radius 2 is 1.87 bits per heavy atom. The minimum atomic E-state index is -4.27. The highest BCUT2D eigenvalue weighted by Gasteiger charge is 2.62. The molecule has 9 heteroatoms. The van der Waals surface area contributed by atoms with E-state index in [0.29, 0.717) is 23.8 Å². The number of allylic oxidation sites excluding steroid dienone is 2. The van der Waals surface area contributed by atoms with Gasteiger partial charge < -0.3 is 14.6 Å². The summed E-state index contributed by atoms with van der Waals surface area (Å²) in [4.78, 5) is 26.2. The predicted molar refractivity (Wildman–Crippen MR) is 141 cm³/mol. The molecule has 3 saturated carbocycles. The van der Waals surface area contributed by atoms with Crippen LogP contribution in [0.2, 0.25) is 0 Å². The van der Waals surface area contributed by atoms with Crippen LogP contribution in [0, 0.1) is 40.4 Å². The fourth-order valence-corrected chi connectivity index (χ4v) is 10.1. The number of Topliss-reactive ketones (excluding diaryl/α,β-unsaturated/α-hetero) is 1. The summed E-state index contributed by atoms with van der Waals surface area (Å²) in [5, 5.41) is 9.54. The van der Waals surface area contributed by atoms with Gasteiger partial charge in [0, 0.05) is 32.5 Å². The lowest BCUT2D eigenvalue weighted by Gasteiger charge is -2.57. The molecule has 0 aromatic carbocycles. The number of rotatable bonds is 6. The molecule has 0 bridgehead atoms. The first-order chi connectivity index (χ1) is 17.9. The summed E-state index contributed by atoms with van der Waals surface area (Å²) in [6.45, 7) is 6.46. The lowest BCUT2D eigenvalue weighted by atomic mass is 9.46. The topological polar surface area (TPSA) is 127 Å². The predicted octanol–water partition coefficient (Wildman–Crippen LogP) is 3.89. The summed E-state index contributed by atoms with van der Waals surface area (Å²) in [5.41, 5.74) is 1.70. The molecule has 9 atom stereocenters. The van der Waals surface area contributed by atoms with Crippen LogP contribution < -0.4 is 0 Å². The highest BCUT2D eigenvalue weighted by molar-refractivity contribution is 7.86. The zero-order valence-corrected chi connectivity index (χ0v) is 23.8. The van der Waals surface area contributed by atoms with Crippen LogP contribution in [0.25, 0.3) is 0 Å². The first kappa shape index (κ1) is 28.0. The number of aliphatic hydroxyl groups is 1. The van der Waals surface area contributed by atoms with Crippen molar-refractivity contribution in [1.29, 1.82) is 0 Å². The van der Waals surface area contributed by atoms with Crippen molar-refractivity contribution in [3.63, 3.8) is 0 Å². The van der Waals surface area contributed by atoms with Crippen LogP contribution in [-0.2, 0) is 29.2 Å². The van der Waals surface area contributed by atoms with Crippen LogP contribution in [0.15, 0.2) is 22.8 Å². The van der Waals surface area contributed by atoms with Crippen molar-refractivity contribution in [3.05, 3.63) is 22.8 Å². The maximum Gasteiger partial charge on any atom is 0.336 e. The van der Waals surface area contributed by atoms with Crippen molar-refractivity contribution >= 4 is 21.9 Å². The van der Waals surface area contributed by atoms with Gasteiger partial charge in [0.25, 0.3) is 10.1 Å². The summed E-state index contributed by atoms with van der Waals surface area (Å²) < 4.78 is 44.4. The largest absolute Gasteiger partial charge is 0.458 e. The average Bonchev–Trinajstić information content (AvgIpc) is 3.19. The fraction of sp³-hybridized carbons (Fsp3) is 0.793. The van der Waals surface area contributed by atoms with Gasteiger partial charge in [0.2, 0.25) is 0 Å². The van der Waals surface area contributed by atoms with E-state index >= 15 is 0 Å². The van der Waals surface area contributed by atoms with E-state index in [2.05, 4.69) is 13.0 Å². The van der Waals surface area contributed by atoms with E-state index in [1.807, 2.05) is 13.8 Å². The molecule has 3 fully saturated rings. The number of carbonyl (C=O) groups excluding carboxylic acids is 2. The smallest absolute Gasteiger partial charge is 0.336 e. The molecule has 5 rings (SSSR count). The van der Waals surface area contributed by atoms with E-state index in [9.17, 15) is 27.7 Å². The molecule has 2 N–H and O–H groups in total. The van der Waals surface area contributed by atoms with Crippen molar-refractivity contribution in [2.45, 2.75) is 83.5 Å². The van der Waals surface area contributed by atoms with Gasteiger partial charge in [0.1, 0.15) is 11.9 Å². The van der Waals surface area contributed by atoms with Gasteiger partial charge in [-0.3, -0.25) is 9.35 Å². The normalized spacial score (nSPS) is 42.1. The second-order valence-corrected chi connectivity index (χ2v) is 14.6. The van der Waals surface area contributed by atoms with Crippen molar-refractivity contribution in [1.82, 2.24) is 0 Å². The number of hydrogen-bond donors (Lipinski definition) is 2. The highest BCUT2D eigenvalue weighted by Crippen LogP contribution is 2.67. The van der Waals surface area contributed by atoms with Crippen LogP contribution in [0.3, 0.4) is 0 Å². The molecule has 4 aliphatic carbocycles. The summed E-state index contributed by atoms with van der Waals surface area (Å²) in [6, 6.07) is 0. The summed E-state index contributed by atoms with van der Waals surface area (Å²) in [5.74, 6) is 0.472. The van der Waals surface area contributed by atoms with Gasteiger partial charge in [-0.15, -0.1) is 0 Å². The fourth-order valence-electron chi connectivity index (χ4n) is 9.35. The van der Waals surface area contributed by atoms with Crippen LogP contribution >= 0.6 is 0 Å². The molecule has 0 aromatic rings. The Morgan fingerprint density at radius 1 is 1.13 bits per heavy atom. The van der Waals surface area contributed by atoms with Crippen molar-refractivity contribution in [3.8, 4) is 0 Å². The van der Waals surface area contributed by atoms with E-state index < -0.39 is 20.8 Å². The first-order valence-electron chi connectivity index (χ1n) is 14.0. The number of cyclic esters (lactones) is 1. The van der Waals surface area contributed by atoms with E-state index in [4.69, 9.17) is 9.47 Å². The molecule has 0 spiro atoms. The third-order valence-electron chi connectivity index (χ3n) is 11.4. The van der Waals surface area contributed by atoms with Crippen molar-refractivity contribution < 1.29 is 37.1 Å². The maximum absolute atomic E-state index is 13.5. The quantitative estimate of drug-likeness (QED) is 0.290. The number of methoxy groups -OCH3 is 1. The van der Waals surface area contributed by atoms with E-state index in [0.717, 1.165) is 43.3 Å². The first-order valence-corrected chi connectivity index (χ1v) is 15.5. The van der Waals surface area contributed by atoms with E-state index in [1.165, 1.54) is 0 Å². The zero-order chi connectivity index (χ0) is 27.6. The molecule has 38 heavy (non-hydrogen) atoms. The molecule has 8 nitrogen and oxygen atoms in total. The number of esters is 1. The number of carbonyl (C=O) groups is 2. The zero-order valence-electron chi connectivity index (χ0n) is 22.9. The number of aliphatic hydroxyl groups excluding tert-OH is 1. The van der Waals surface area contributed by atoms with Crippen LogP contribution in [0.1, 0.15) is 72.1 Å². The van der Waals surface area contributed by atoms with Gasteiger partial charge in [0.15, 0.2) is 0 Å². The van der Waals surface area contributed by atoms with Gasteiger partial charge in [-0.25, -0.2) is 4.79 Å². The minimum absolute atomic E-state index is 0.0385. The molecule has 5 aliphatic rings. The Morgan fingerprint density at radius 3 is 2.50 bits per heavy atom. The molecule has 0 radical (unpaired) electrons. The Labute approximate surface area is 226 Å². The lowest BCUT2D eigenvalue weighted by molar-refractivity contribution is -0.155. The standard InChI is InChI=1S/C29H42O8S/c1-16-11-25(37-27(32)21(16)15-36-4)20(14-30)23-8-7-22-19-6-5-17-12-18(38(33,34)35)13-26(31)29(17,3)24(19)9-10-28(22,23)2/h5,18-20,22-25,30H,6-15H2,1-4H3,(H,33,34,35). The second-order valence-electron chi connectivity index (χ2n) is 12.9. The lowest BCUT2D eigenvalue weighted by Crippen LogP contribution is -2.55. The average molecular weight is 551 g/mol. The van der Waals surface area contributed by atoms with Crippen molar-refractivity contribution in [2.24, 2.45) is 40.4 Å². The van der Waals surface area contributed by atoms with E-state index in [-0.39, 0.29) is 67.1 Å². The molecule has 1 aliphatic heterocycles. The molecule has 0 saturated heterocycles. The van der Waals surface area contributed by atoms with Crippen LogP contribution in [0.4, 0.5) is 0 Å². The van der Waals surface area contributed by atoms with Gasteiger partial charge in [-0.2, -0.15) is 8.42 Å². The monoisotopic (exact) mass is 550 g/mol. The van der Waals surface area contributed by atoms with Crippen molar-refractivity contribution in [2.75, 3.05) is 20.3 Å². The maximum atomic E-state index is 13.5. The number of hydrogen-bond acceptors (Lipinski definition) is 7. The van der Waals surface area contributed by atoms with Gasteiger partial charge in [0.05, 0.1) is 22.8 Å². The Hall–Kier alpha value is -1.55. The van der Waals surface area contributed by atoms with Gasteiger partial charge in [-0.1, -0.05) is 24.1 Å². The molecule has 0 amide bonds. The summed E-state index contributed by atoms with van der Waals surface area (Å²) in [7, 11) is -2.71. The molecular weight excluding hydrogens is 508 g/mol. The Bertz CT molecular complexity index is 1170. The SMILES string of the molecule is COCC1=C(C)CC(C(CO)C2CCC3C4CC=C5CC(S(=O)(=O)O)CC(=O)C5(C)C4CCC23C)OC1=O. The Balaban J connectivity index is 1.39. The van der Waals surface area contributed by atoms with Crippen LogP contribution in [-0.4, -0.2) is 61.5 Å². The molecule has 0 aromatic heterocycles. The third-order valence-corrected chi connectivity index (χ3v) is 12.6. The molecule has 1 heterocycles. The summed E-state index contributed by atoms with van der Waals surface area (Å²) >= 11 is 0. The molecule has 212 valence electrons. The number of ketones is 1. The van der Waals surface area contributed by atoms with Crippen LogP contribution in [0.5, 0.6) is 0 Å². The highest BCUT2D eigenvalue weighted by atomic mass is 32.2. The molecule has 9 unspecified atom stereocenters. The van der Waals surface area contributed by atoms with E-state index in [1.54, 1.807) is 7.11 Å². The van der Waals surface area contributed by atoms with Gasteiger partial charge in [-0.05, 0) is 81.5 Å². The Kier molecular flexibility index (Phi) is 7.24. The second kappa shape index (κ2) is 9.82.